The number of esters is 2. The number of nitrogens with zero attached hydrogens (tertiary/aromatic N) is 1. The van der Waals surface area contributed by atoms with Crippen LogP contribution in [0.5, 0.6) is 0 Å². The molecule has 13 heteroatoms. The van der Waals surface area contributed by atoms with Crippen LogP contribution in [0.1, 0.15) is 34.8 Å². The average molecular weight is 739 g/mol. The van der Waals surface area contributed by atoms with Gasteiger partial charge in [0.25, 0.3) is 0 Å². The Hall–Kier alpha value is 0.120. The average Bonchev–Trinajstić information content (AvgIpc) is 3.25. The molecule has 0 aromatic carbocycles. The van der Waals surface area contributed by atoms with Gasteiger partial charge in [-0.3, -0.25) is 0 Å². The van der Waals surface area contributed by atoms with E-state index in [1.165, 1.54) is 24.2 Å². The maximum atomic E-state index is 11.1. The Morgan fingerprint density at radius 2 is 1.73 bits per heavy atom. The second-order valence-electron chi connectivity index (χ2n) is 3.96. The van der Waals surface area contributed by atoms with Gasteiger partial charge in [-0.25, -0.2) is 14.6 Å². The van der Waals surface area contributed by atoms with Gasteiger partial charge in [0, 0.05) is 6.20 Å². The predicted octanol–water partition coefficient (Wildman–Crippen LogP) is 1.33. The summed E-state index contributed by atoms with van der Waals surface area (Å²) in [7, 11) is 0. The van der Waals surface area contributed by atoms with Gasteiger partial charge in [-0.1, -0.05) is 11.8 Å². The van der Waals surface area contributed by atoms with Crippen LogP contribution in [0.3, 0.4) is 0 Å². The number of hydrogen-bond acceptors (Lipinski definition) is 7. The van der Waals surface area contributed by atoms with Crippen molar-refractivity contribution in [3.8, 4) is 0 Å². The van der Waals surface area contributed by atoms with Crippen molar-refractivity contribution in [2.75, 3.05) is 19.5 Å². The number of carbonyl (C=O) groups excluding carboxylic acids is 2. The fourth-order valence-electron chi connectivity index (χ4n) is 1.37. The molecule has 26 heavy (non-hydrogen) atoms. The van der Waals surface area contributed by atoms with Crippen molar-refractivity contribution in [1.82, 2.24) is 19.9 Å². The van der Waals surface area contributed by atoms with E-state index in [1.807, 2.05) is 6.26 Å². The van der Waals surface area contributed by atoms with Gasteiger partial charge >= 0.3 is 62.4 Å². The normalized spacial score (nSPS) is 9.42. The Morgan fingerprint density at radius 3 is 2.12 bits per heavy atom. The molecule has 2 heterocycles. The summed E-state index contributed by atoms with van der Waals surface area (Å²) in [5.74, 6) is -0.745. The maximum absolute atomic E-state index is 11.1. The van der Waals surface area contributed by atoms with Gasteiger partial charge in [0.2, 0.25) is 0 Å². The molecule has 2 aromatic rings. The fraction of sp³-hybridized carbons (Fsp3) is 0.385. The molecule has 3 N–H and O–H groups in total. The van der Waals surface area contributed by atoms with E-state index >= 15 is 0 Å². The third-order valence-electron chi connectivity index (χ3n) is 2.33. The molecule has 0 amide bonds. The number of carbonyl (C=O) groups is 2. The molecule has 0 bridgehead atoms. The van der Waals surface area contributed by atoms with Gasteiger partial charge < -0.3 is 24.4 Å². The van der Waals surface area contributed by atoms with Gasteiger partial charge in [0.15, 0.2) is 9.93 Å². The number of aromatic nitrogens is 4. The molecule has 8 nitrogen and oxygen atoms in total. The summed E-state index contributed by atoms with van der Waals surface area (Å²) in [6.07, 6.45) is 4.85. The van der Waals surface area contributed by atoms with Crippen molar-refractivity contribution in [3.05, 3.63) is 28.6 Å². The van der Waals surface area contributed by atoms with E-state index in [4.69, 9.17) is 21.7 Å². The van der Waals surface area contributed by atoms with Gasteiger partial charge in [0.1, 0.15) is 11.4 Å². The molecule has 0 fully saturated rings. The Kier molecular flexibility index (Phi) is 16.2. The van der Waals surface area contributed by atoms with Crippen LogP contribution in [-0.4, -0.2) is 51.3 Å². The summed E-state index contributed by atoms with van der Waals surface area (Å²) in [6.45, 7) is 4.26. The topological polar surface area (TPSA) is 113 Å². The fourth-order valence-corrected chi connectivity index (χ4v) is 1.91. The molecule has 148 valence electrons. The van der Waals surface area contributed by atoms with E-state index in [2.05, 4.69) is 57.2 Å². The van der Waals surface area contributed by atoms with Crippen LogP contribution < -0.4 is 13.3 Å². The van der Waals surface area contributed by atoms with Crippen molar-refractivity contribution in [1.29, 1.82) is 0 Å². The molecule has 2 aromatic heterocycles. The summed E-state index contributed by atoms with van der Waals surface area (Å²) < 4.78 is 9.90. The first-order chi connectivity index (χ1) is 12.4. The van der Waals surface area contributed by atoms with Gasteiger partial charge in [0.05, 0.1) is 19.4 Å². The second kappa shape index (κ2) is 16.1. The summed E-state index contributed by atoms with van der Waals surface area (Å²) in [4.78, 5) is 34.1. The van der Waals surface area contributed by atoms with Crippen LogP contribution in [0.15, 0.2) is 17.6 Å². The summed E-state index contributed by atoms with van der Waals surface area (Å²) >= 11 is 11.5. The molecule has 0 atom stereocenters. The molecular weight excluding hydrogens is 721 g/mol. The molecule has 0 spiro atoms. The van der Waals surface area contributed by atoms with Gasteiger partial charge in [-0.05, 0) is 32.3 Å². The van der Waals surface area contributed by atoms with E-state index in [0.717, 1.165) is 5.16 Å². The molecule has 0 radical (unpaired) electrons. The number of imidazole rings is 2. The van der Waals surface area contributed by atoms with E-state index in [-0.39, 0.29) is 11.9 Å². The molecule has 0 aliphatic carbocycles. The molecule has 0 aliphatic rings. The standard InChI is InChI=1S/C7H10N2O2S.C6H8N2O2S.I3/c1-3-11-6(10)5-4-8-7(9-5)12-2;1-2-10-5(9)4-3-7-6(11)8-4;1-3-2/h4H,3H2,1-2H3,(H,8,9);3H,2H2,1H3,(H2,7,8,11);/q;;-1. The van der Waals surface area contributed by atoms with Crippen molar-refractivity contribution in [3.63, 3.8) is 0 Å². The SMILES string of the molecule is CCOC(=O)c1c[nH]c(=S)[nH]1.CCOC(=O)c1cnc(SC)[nH]1.I[I-]I. The first-order valence-electron chi connectivity index (χ1n) is 7.01. The Labute approximate surface area is 190 Å². The van der Waals surface area contributed by atoms with E-state index in [1.54, 1.807) is 13.8 Å². The van der Waals surface area contributed by atoms with Crippen LogP contribution in [0.4, 0.5) is 0 Å². The number of H-pyrrole nitrogens is 3. The second-order valence-corrected chi connectivity index (χ2v) is 21.4. The van der Waals surface area contributed by atoms with Crippen molar-refractivity contribution in [2.24, 2.45) is 0 Å². The van der Waals surface area contributed by atoms with Gasteiger partial charge in [-0.2, -0.15) is 0 Å². The third kappa shape index (κ3) is 11.1. The van der Waals surface area contributed by atoms with E-state index in [0.29, 0.717) is 42.6 Å². The quantitative estimate of drug-likeness (QED) is 0.184. The molecule has 0 unspecified atom stereocenters. The van der Waals surface area contributed by atoms with Crippen LogP contribution in [-0.2, 0) is 9.47 Å². The monoisotopic (exact) mass is 739 g/mol. The molecule has 0 aliphatic heterocycles. The zero-order valence-corrected chi connectivity index (χ0v) is 22.2. The molecule has 0 saturated carbocycles. The molecular formula is C13H18I3N4O4S2-. The van der Waals surface area contributed by atoms with Crippen molar-refractivity contribution < 1.29 is 32.3 Å². The van der Waals surface area contributed by atoms with Crippen LogP contribution in [0.2, 0.25) is 0 Å². The van der Waals surface area contributed by atoms with Crippen LogP contribution >= 0.6 is 61.2 Å². The first-order valence-corrected chi connectivity index (χ1v) is 21.2. The number of nitrogens with one attached hydrogen (secondary N) is 3. The van der Waals surface area contributed by atoms with E-state index < -0.39 is 0 Å². The molecule has 0 saturated heterocycles. The van der Waals surface area contributed by atoms with Crippen molar-refractivity contribution >= 4 is 73.2 Å². The van der Waals surface area contributed by atoms with Crippen LogP contribution in [0.25, 0.3) is 0 Å². The number of thioether (sulfide) groups is 1. The summed E-state index contributed by atoms with van der Waals surface area (Å²) in [5, 5.41) is 0.720. The minimum absolute atomic E-state index is 0.356. The third-order valence-corrected chi connectivity index (χ3v) is 3.15. The van der Waals surface area contributed by atoms with Crippen molar-refractivity contribution in [2.45, 2.75) is 19.0 Å². The first kappa shape index (κ1) is 26.1. The molecule has 2 rings (SSSR count). The Balaban J connectivity index is 0.000000419. The Bertz CT molecular complexity index is 720. The summed E-state index contributed by atoms with van der Waals surface area (Å²) in [5.41, 5.74) is 0.762. The summed E-state index contributed by atoms with van der Waals surface area (Å²) in [6, 6.07) is 0. The zero-order chi connectivity index (χ0) is 19.9. The number of halogens is 3. The number of hydrogen-bond donors (Lipinski definition) is 3. The number of aromatic amines is 3. The minimum atomic E-state index is -0.389. The Morgan fingerprint density at radius 1 is 1.19 bits per heavy atom. The zero-order valence-electron chi connectivity index (χ0n) is 14.1. The van der Waals surface area contributed by atoms with Gasteiger partial charge in [-0.15, -0.1) is 0 Å². The number of rotatable bonds is 5. The van der Waals surface area contributed by atoms with E-state index in [9.17, 15) is 9.59 Å². The predicted molar refractivity (Wildman–Crippen MR) is 116 cm³/mol. The van der Waals surface area contributed by atoms with Crippen LogP contribution in [0, 0.1) is 4.77 Å². The number of ether oxygens (including phenoxy) is 2.